The molecule has 8 heavy (non-hydrogen) atoms. The van der Waals surface area contributed by atoms with Crippen molar-refractivity contribution in [1.82, 2.24) is 4.84 Å². The quantitative estimate of drug-likeness (QED) is 0.558. The van der Waals surface area contributed by atoms with E-state index >= 15 is 0 Å². The van der Waals surface area contributed by atoms with E-state index < -0.39 is 12.2 Å². The summed E-state index contributed by atoms with van der Waals surface area (Å²) in [6, 6.07) is -2.76. The topological polar surface area (TPSA) is 12.0 Å². The summed E-state index contributed by atoms with van der Waals surface area (Å²) in [5.74, 6) is 0. The highest BCUT2D eigenvalue weighted by Gasteiger charge is 2.35. The molecule has 0 spiro atoms. The summed E-state index contributed by atoms with van der Waals surface area (Å²) in [5, 5.41) is 0. The molecular formula is C3H5ClF3N. The average molecular weight is 149 g/mol. The second-order valence-electron chi connectivity index (χ2n) is 1.22. The Balaban J connectivity index is 4.14. The van der Waals surface area contributed by atoms with E-state index in [4.69, 9.17) is 1.37 Å². The first-order chi connectivity index (χ1) is 3.81. The zero-order valence-electron chi connectivity index (χ0n) is 5.01. The second kappa shape index (κ2) is 2.55. The molecule has 0 bridgehead atoms. The van der Waals surface area contributed by atoms with Crippen LogP contribution in [0.2, 0.25) is 0 Å². The third kappa shape index (κ3) is 2.37. The van der Waals surface area contributed by atoms with Crippen LogP contribution < -0.4 is 4.84 Å². The fourth-order valence-electron chi connectivity index (χ4n) is 0.0536. The summed E-state index contributed by atoms with van der Waals surface area (Å²) in [5.41, 5.74) is 0. The molecule has 0 radical (unpaired) electrons. The van der Waals surface area contributed by atoms with Crippen LogP contribution in [0.15, 0.2) is 0 Å². The van der Waals surface area contributed by atoms with Gasteiger partial charge in [0.1, 0.15) is 6.02 Å². The Kier molecular flexibility index (Phi) is 1.96. The van der Waals surface area contributed by atoms with Gasteiger partial charge in [-0.1, -0.05) is 0 Å². The molecule has 0 aromatic rings. The number of rotatable bonds is 1. The highest BCUT2D eigenvalue weighted by atomic mass is 35.5. The Morgan fingerprint density at radius 2 is 2.12 bits per heavy atom. The number of nitrogens with one attached hydrogen (secondary N) is 1. The average Bonchev–Trinajstić information content (AvgIpc) is 1.64. The maximum absolute atomic E-state index is 11.5. The molecular weight excluding hydrogens is 142 g/mol. The van der Waals surface area contributed by atoms with Crippen LogP contribution in [0.1, 0.15) is 8.29 Å². The van der Waals surface area contributed by atoms with Crippen LogP contribution in [0.3, 0.4) is 0 Å². The van der Waals surface area contributed by atoms with Gasteiger partial charge in [-0.25, -0.2) is 4.84 Å². The minimum absolute atomic E-state index is 0.625. The van der Waals surface area contributed by atoms with Crippen LogP contribution in [0.4, 0.5) is 13.2 Å². The van der Waals surface area contributed by atoms with E-state index in [1.807, 2.05) is 0 Å². The first-order valence-electron chi connectivity index (χ1n) is 2.26. The van der Waals surface area contributed by atoms with Crippen molar-refractivity contribution in [3.63, 3.8) is 0 Å². The number of halogens is 4. The molecule has 0 saturated carbocycles. The third-order valence-corrected chi connectivity index (χ3v) is 0.850. The fourth-order valence-corrected chi connectivity index (χ4v) is 0.161. The van der Waals surface area contributed by atoms with Crippen LogP contribution in [-0.2, 0) is 0 Å². The lowest BCUT2D eigenvalue weighted by molar-refractivity contribution is -0.146. The van der Waals surface area contributed by atoms with E-state index in [9.17, 15) is 13.2 Å². The summed E-state index contributed by atoms with van der Waals surface area (Å²) < 4.78 is 41.0. The summed E-state index contributed by atoms with van der Waals surface area (Å²) in [4.78, 5) is 1.30. The molecule has 50 valence electrons. The molecule has 0 fully saturated rings. The normalized spacial score (nSPS) is 21.9. The van der Waals surface area contributed by atoms with Gasteiger partial charge in [0.15, 0.2) is 0 Å². The summed E-state index contributed by atoms with van der Waals surface area (Å²) in [7, 11) is 0. The van der Waals surface area contributed by atoms with Crippen molar-refractivity contribution >= 4 is 11.8 Å². The summed E-state index contributed by atoms with van der Waals surface area (Å²) >= 11 is 4.62. The molecule has 1 N–H and O–H groups in total. The highest BCUT2D eigenvalue weighted by molar-refractivity contribution is 6.13. The second-order valence-corrected chi connectivity index (χ2v) is 1.41. The van der Waals surface area contributed by atoms with Crippen molar-refractivity contribution in [2.45, 2.75) is 19.1 Å². The number of hydrogen-bond acceptors (Lipinski definition) is 1. The van der Waals surface area contributed by atoms with E-state index in [1.54, 1.807) is 0 Å². The molecule has 0 rings (SSSR count). The Hall–Kier alpha value is 0.0400. The van der Waals surface area contributed by atoms with Gasteiger partial charge in [-0.05, 0) is 18.7 Å². The number of alkyl halides is 3. The van der Waals surface area contributed by atoms with Gasteiger partial charge in [0.05, 0.1) is 1.37 Å². The molecule has 1 nitrogen and oxygen atoms in total. The van der Waals surface area contributed by atoms with Crippen molar-refractivity contribution in [2.24, 2.45) is 0 Å². The van der Waals surface area contributed by atoms with Gasteiger partial charge in [-0.2, -0.15) is 13.2 Å². The van der Waals surface area contributed by atoms with Gasteiger partial charge >= 0.3 is 6.18 Å². The van der Waals surface area contributed by atoms with Gasteiger partial charge in [-0.3, -0.25) is 0 Å². The minimum atomic E-state index is -4.63. The summed E-state index contributed by atoms with van der Waals surface area (Å²) in [6.07, 6.45) is -4.63. The lowest BCUT2D eigenvalue weighted by atomic mass is 10.4. The summed E-state index contributed by atoms with van der Waals surface area (Å²) in [6.45, 7) is 0.625. The Morgan fingerprint density at radius 1 is 1.75 bits per heavy atom. The van der Waals surface area contributed by atoms with Crippen molar-refractivity contribution in [3.05, 3.63) is 0 Å². The predicted octanol–water partition coefficient (Wildman–Crippen LogP) is 1.68. The molecule has 5 heteroatoms. The molecule has 0 saturated heterocycles. The molecule has 0 aliphatic heterocycles. The SMILES string of the molecule is [2H][C@@](C)(NCl)C(F)(F)F. The number of hydrogen-bond donors (Lipinski definition) is 1. The van der Waals surface area contributed by atoms with Gasteiger partial charge in [0, 0.05) is 0 Å². The predicted molar refractivity (Wildman–Crippen MR) is 24.5 cm³/mol. The lowest BCUT2D eigenvalue weighted by Gasteiger charge is -2.11. The maximum atomic E-state index is 11.5. The van der Waals surface area contributed by atoms with Gasteiger partial charge in [0.25, 0.3) is 0 Å². The van der Waals surface area contributed by atoms with Crippen molar-refractivity contribution < 1.29 is 14.5 Å². The van der Waals surface area contributed by atoms with Crippen molar-refractivity contribution in [2.75, 3.05) is 0 Å². The van der Waals surface area contributed by atoms with Crippen LogP contribution in [0, 0.1) is 0 Å². The molecule has 0 aliphatic carbocycles. The van der Waals surface area contributed by atoms with Gasteiger partial charge in [-0.15, -0.1) is 0 Å². The van der Waals surface area contributed by atoms with Gasteiger partial charge in [0.2, 0.25) is 0 Å². The first kappa shape index (κ1) is 6.16. The van der Waals surface area contributed by atoms with Crippen molar-refractivity contribution in [3.8, 4) is 0 Å². The highest BCUT2D eigenvalue weighted by Crippen LogP contribution is 2.19. The van der Waals surface area contributed by atoms with E-state index in [0.29, 0.717) is 6.92 Å². The molecule has 0 heterocycles. The molecule has 0 aromatic heterocycles. The zero-order chi connectivity index (χ0) is 7.71. The van der Waals surface area contributed by atoms with Crippen molar-refractivity contribution in [1.29, 1.82) is 0 Å². The monoisotopic (exact) mass is 148 g/mol. The Bertz CT molecular complexity index is 102. The third-order valence-electron chi connectivity index (χ3n) is 0.567. The standard InChI is InChI=1S/C3H5ClF3N/c1-2(8-4)3(5,6)7/h2,8H,1H3/t2-/m0/s1/i2D. The molecule has 1 atom stereocenters. The van der Waals surface area contributed by atoms with Crippen LogP contribution >= 0.6 is 11.8 Å². The molecule has 0 aliphatic rings. The lowest BCUT2D eigenvalue weighted by Crippen LogP contribution is -2.34. The molecule has 0 unspecified atom stereocenters. The van der Waals surface area contributed by atoms with Gasteiger partial charge < -0.3 is 0 Å². The smallest absolute Gasteiger partial charge is 0.222 e. The molecule has 0 aromatic carbocycles. The van der Waals surface area contributed by atoms with Crippen LogP contribution in [0.25, 0.3) is 0 Å². The zero-order valence-corrected chi connectivity index (χ0v) is 4.77. The Labute approximate surface area is 51.3 Å². The van der Waals surface area contributed by atoms with Crippen LogP contribution in [0.5, 0.6) is 0 Å². The first-order valence-corrected chi connectivity index (χ1v) is 2.13. The minimum Gasteiger partial charge on any atom is -0.222 e. The van der Waals surface area contributed by atoms with E-state index in [0.717, 1.165) is 0 Å². The largest absolute Gasteiger partial charge is 0.404 e. The van der Waals surface area contributed by atoms with E-state index in [1.165, 1.54) is 4.84 Å². The molecule has 0 amide bonds. The van der Waals surface area contributed by atoms with Crippen LogP contribution in [-0.4, -0.2) is 12.2 Å². The Morgan fingerprint density at radius 3 is 2.12 bits per heavy atom. The van der Waals surface area contributed by atoms with E-state index in [2.05, 4.69) is 11.8 Å². The van der Waals surface area contributed by atoms with E-state index in [-0.39, 0.29) is 0 Å². The fraction of sp³-hybridized carbons (Fsp3) is 1.00. The maximum Gasteiger partial charge on any atom is 0.404 e.